The van der Waals surface area contributed by atoms with Crippen molar-refractivity contribution in [2.24, 2.45) is 0 Å². The fraction of sp³-hybridized carbons (Fsp3) is 0.538. The molecule has 1 atom stereocenters. The summed E-state index contributed by atoms with van der Waals surface area (Å²) in [6.45, 7) is 10.2. The summed E-state index contributed by atoms with van der Waals surface area (Å²) in [5, 5.41) is 0. The standard InChI is InChI=1S/C26H33N3O3/c1-2-23(18-28(8-1)17-20-3-5-24-22(14-20)7-13-30-24)29-11-9-27(10-12-29)16-21-4-6-25-26(15-21)32-19-31-25/h3-6,14-15,23H,1-2,7-13,16-19H2/t23-/m0/s1. The first kappa shape index (κ1) is 20.3. The lowest BCUT2D eigenvalue weighted by Crippen LogP contribution is -2.54. The van der Waals surface area contributed by atoms with Crippen LogP contribution >= 0.6 is 0 Å². The van der Waals surface area contributed by atoms with Crippen LogP contribution in [0.5, 0.6) is 17.2 Å². The van der Waals surface area contributed by atoms with Gasteiger partial charge in [-0.15, -0.1) is 0 Å². The van der Waals surface area contributed by atoms with Crippen LogP contribution in [-0.4, -0.2) is 73.4 Å². The van der Waals surface area contributed by atoms with Crippen LogP contribution in [0.4, 0.5) is 0 Å². The van der Waals surface area contributed by atoms with Crippen LogP contribution in [0, 0.1) is 0 Å². The number of ether oxygens (including phenoxy) is 3. The summed E-state index contributed by atoms with van der Waals surface area (Å²) < 4.78 is 16.6. The number of likely N-dealkylation sites (tertiary alicyclic amines) is 1. The average molecular weight is 436 g/mol. The van der Waals surface area contributed by atoms with Crippen molar-refractivity contribution in [2.75, 3.05) is 52.7 Å². The summed E-state index contributed by atoms with van der Waals surface area (Å²) in [6.07, 6.45) is 3.69. The molecule has 0 amide bonds. The maximum absolute atomic E-state index is 5.67. The monoisotopic (exact) mass is 435 g/mol. The van der Waals surface area contributed by atoms with E-state index in [9.17, 15) is 0 Å². The van der Waals surface area contributed by atoms with Gasteiger partial charge in [0.25, 0.3) is 0 Å². The first-order valence-corrected chi connectivity index (χ1v) is 12.1. The van der Waals surface area contributed by atoms with Gasteiger partial charge in [-0.1, -0.05) is 18.2 Å². The normalized spacial score (nSPS) is 23.8. The van der Waals surface area contributed by atoms with E-state index in [1.54, 1.807) is 0 Å². The Labute approximate surface area is 190 Å². The summed E-state index contributed by atoms with van der Waals surface area (Å²) in [6, 6.07) is 13.8. The van der Waals surface area contributed by atoms with Gasteiger partial charge in [0.15, 0.2) is 11.5 Å². The molecule has 0 radical (unpaired) electrons. The minimum atomic E-state index is 0.344. The van der Waals surface area contributed by atoms with Gasteiger partial charge in [-0.3, -0.25) is 14.7 Å². The zero-order chi connectivity index (χ0) is 21.3. The van der Waals surface area contributed by atoms with Crippen molar-refractivity contribution in [3.05, 3.63) is 53.1 Å². The van der Waals surface area contributed by atoms with E-state index in [0.717, 1.165) is 56.5 Å². The van der Waals surface area contributed by atoms with Gasteiger partial charge >= 0.3 is 0 Å². The number of nitrogens with zero attached hydrogens (tertiary/aromatic N) is 3. The van der Waals surface area contributed by atoms with E-state index in [2.05, 4.69) is 45.0 Å². The maximum Gasteiger partial charge on any atom is 0.231 e. The number of piperazine rings is 1. The number of piperidine rings is 1. The van der Waals surface area contributed by atoms with Crippen LogP contribution in [0.25, 0.3) is 0 Å². The Morgan fingerprint density at radius 1 is 0.750 bits per heavy atom. The van der Waals surface area contributed by atoms with E-state index in [1.165, 1.54) is 55.7 Å². The second kappa shape index (κ2) is 8.93. The molecule has 170 valence electrons. The zero-order valence-corrected chi connectivity index (χ0v) is 18.8. The lowest BCUT2D eigenvalue weighted by molar-refractivity contribution is 0.0477. The molecule has 6 heteroatoms. The molecular weight excluding hydrogens is 402 g/mol. The molecule has 0 saturated carbocycles. The highest BCUT2D eigenvalue weighted by Gasteiger charge is 2.28. The van der Waals surface area contributed by atoms with Crippen molar-refractivity contribution >= 4 is 0 Å². The van der Waals surface area contributed by atoms with E-state index in [4.69, 9.17) is 14.2 Å². The van der Waals surface area contributed by atoms with Crippen molar-refractivity contribution in [1.82, 2.24) is 14.7 Å². The topological polar surface area (TPSA) is 37.4 Å². The van der Waals surface area contributed by atoms with Gasteiger partial charge in [0, 0.05) is 58.3 Å². The molecule has 0 N–H and O–H groups in total. The number of hydrogen-bond donors (Lipinski definition) is 0. The van der Waals surface area contributed by atoms with Crippen molar-refractivity contribution < 1.29 is 14.2 Å². The van der Waals surface area contributed by atoms with E-state index >= 15 is 0 Å². The second-order valence-electron chi connectivity index (χ2n) is 9.57. The van der Waals surface area contributed by atoms with Gasteiger partial charge in [0.1, 0.15) is 5.75 Å². The molecular formula is C26H33N3O3. The summed E-state index contributed by atoms with van der Waals surface area (Å²) in [5.41, 5.74) is 4.13. The van der Waals surface area contributed by atoms with Crippen molar-refractivity contribution in [1.29, 1.82) is 0 Å². The van der Waals surface area contributed by atoms with Gasteiger partial charge in [0.05, 0.1) is 6.61 Å². The molecule has 6 nitrogen and oxygen atoms in total. The molecule has 2 saturated heterocycles. The van der Waals surface area contributed by atoms with Gasteiger partial charge < -0.3 is 14.2 Å². The quantitative estimate of drug-likeness (QED) is 0.718. The number of fused-ring (bicyclic) bond motifs is 2. The van der Waals surface area contributed by atoms with Gasteiger partial charge in [-0.05, 0) is 54.3 Å². The molecule has 0 spiro atoms. The van der Waals surface area contributed by atoms with Crippen molar-refractivity contribution in [2.45, 2.75) is 38.4 Å². The molecule has 2 fully saturated rings. The summed E-state index contributed by atoms with van der Waals surface area (Å²) >= 11 is 0. The molecule has 6 rings (SSSR count). The van der Waals surface area contributed by atoms with Crippen LogP contribution < -0.4 is 14.2 Å². The lowest BCUT2D eigenvalue weighted by atomic mass is 10.0. The van der Waals surface area contributed by atoms with Crippen LogP contribution in [0.3, 0.4) is 0 Å². The van der Waals surface area contributed by atoms with Crippen LogP contribution in [0.15, 0.2) is 36.4 Å². The number of rotatable bonds is 5. The average Bonchev–Trinajstić information content (AvgIpc) is 3.48. The molecule has 4 heterocycles. The third kappa shape index (κ3) is 4.32. The minimum absolute atomic E-state index is 0.344. The summed E-state index contributed by atoms with van der Waals surface area (Å²) in [5.74, 6) is 2.84. The zero-order valence-electron chi connectivity index (χ0n) is 18.8. The second-order valence-corrected chi connectivity index (χ2v) is 9.57. The number of hydrogen-bond acceptors (Lipinski definition) is 6. The third-order valence-electron chi connectivity index (χ3n) is 7.41. The number of benzene rings is 2. The first-order chi connectivity index (χ1) is 15.8. The van der Waals surface area contributed by atoms with E-state index < -0.39 is 0 Å². The lowest BCUT2D eigenvalue weighted by Gasteiger charge is -2.43. The molecule has 2 aromatic carbocycles. The highest BCUT2D eigenvalue weighted by atomic mass is 16.7. The smallest absolute Gasteiger partial charge is 0.231 e. The molecule has 0 aromatic heterocycles. The molecule has 0 aliphatic carbocycles. The Hall–Kier alpha value is -2.28. The first-order valence-electron chi connectivity index (χ1n) is 12.1. The molecule has 0 unspecified atom stereocenters. The van der Waals surface area contributed by atoms with Gasteiger partial charge in [-0.25, -0.2) is 0 Å². The highest BCUT2D eigenvalue weighted by Crippen LogP contribution is 2.33. The van der Waals surface area contributed by atoms with E-state index in [1.807, 2.05) is 6.07 Å². The highest BCUT2D eigenvalue weighted by molar-refractivity contribution is 5.44. The van der Waals surface area contributed by atoms with Gasteiger partial charge in [0.2, 0.25) is 6.79 Å². The Kier molecular flexibility index (Phi) is 5.67. The predicted molar refractivity (Wildman–Crippen MR) is 123 cm³/mol. The molecule has 0 bridgehead atoms. The van der Waals surface area contributed by atoms with Crippen molar-refractivity contribution in [3.8, 4) is 17.2 Å². The van der Waals surface area contributed by atoms with Crippen LogP contribution in [-0.2, 0) is 19.5 Å². The van der Waals surface area contributed by atoms with E-state index in [-0.39, 0.29) is 0 Å². The third-order valence-corrected chi connectivity index (χ3v) is 7.41. The van der Waals surface area contributed by atoms with Crippen molar-refractivity contribution in [3.63, 3.8) is 0 Å². The molecule has 32 heavy (non-hydrogen) atoms. The minimum Gasteiger partial charge on any atom is -0.493 e. The molecule has 4 aliphatic heterocycles. The molecule has 2 aromatic rings. The van der Waals surface area contributed by atoms with E-state index in [0.29, 0.717) is 12.8 Å². The van der Waals surface area contributed by atoms with Crippen LogP contribution in [0.2, 0.25) is 0 Å². The SMILES string of the molecule is c1cc2c(cc1CN1CCN([C@H]3CCCN(Cc4ccc5c(c4)CCO5)C3)CC1)OCO2. The largest absolute Gasteiger partial charge is 0.493 e. The predicted octanol–water partition coefficient (Wildman–Crippen LogP) is 3.13. The Morgan fingerprint density at radius 3 is 2.44 bits per heavy atom. The molecule has 4 aliphatic rings. The van der Waals surface area contributed by atoms with Gasteiger partial charge in [-0.2, -0.15) is 0 Å². The Balaban J connectivity index is 1.01. The fourth-order valence-corrected chi connectivity index (χ4v) is 5.65. The summed E-state index contributed by atoms with van der Waals surface area (Å²) in [4.78, 5) is 7.96. The maximum atomic E-state index is 5.67. The Bertz CT molecular complexity index is 957. The van der Waals surface area contributed by atoms with Crippen LogP contribution in [0.1, 0.15) is 29.5 Å². The summed E-state index contributed by atoms with van der Waals surface area (Å²) in [7, 11) is 0. The Morgan fingerprint density at radius 2 is 1.53 bits per heavy atom. The fourth-order valence-electron chi connectivity index (χ4n) is 5.65.